The smallest absolute Gasteiger partial charge is 0.446 e. The second-order valence-corrected chi connectivity index (χ2v) is 5.07. The van der Waals surface area contributed by atoms with Gasteiger partial charge in [-0.2, -0.15) is 26.3 Å². The molecule has 0 heterocycles. The summed E-state index contributed by atoms with van der Waals surface area (Å²) >= 11 is -1.23. The number of benzene rings is 1. The second-order valence-electron chi connectivity index (χ2n) is 2.88. The van der Waals surface area contributed by atoms with Crippen molar-refractivity contribution in [3.8, 4) is 5.75 Å². The van der Waals surface area contributed by atoms with Crippen LogP contribution in [0.25, 0.3) is 0 Å². The number of thioether (sulfide) groups is 2. The lowest BCUT2D eigenvalue weighted by Gasteiger charge is -2.15. The molecule has 0 fully saturated rings. The fourth-order valence-corrected chi connectivity index (χ4v) is 2.57. The zero-order valence-corrected chi connectivity index (χ0v) is 10.4. The van der Waals surface area contributed by atoms with Crippen LogP contribution in [0.5, 0.6) is 5.75 Å². The standard InChI is InChI=1S/C9H6F6OS2/c1-16-5-3-2-4-6(17-8(10,11)12)7(5)18-9(13,14)15/h2-4H,1H3. The Kier molecular flexibility index (Phi) is 4.71. The molecule has 0 spiro atoms. The highest BCUT2D eigenvalue weighted by Gasteiger charge is 2.36. The van der Waals surface area contributed by atoms with E-state index in [1.165, 1.54) is 12.1 Å². The van der Waals surface area contributed by atoms with Gasteiger partial charge in [-0.3, -0.25) is 0 Å². The molecule has 0 saturated heterocycles. The van der Waals surface area contributed by atoms with Crippen molar-refractivity contribution in [1.82, 2.24) is 0 Å². The van der Waals surface area contributed by atoms with Gasteiger partial charge in [0.2, 0.25) is 0 Å². The van der Waals surface area contributed by atoms with Gasteiger partial charge in [-0.05, 0) is 35.7 Å². The molecule has 0 saturated carbocycles. The number of ether oxygens (including phenoxy) is 1. The van der Waals surface area contributed by atoms with E-state index in [-0.39, 0.29) is 5.75 Å². The topological polar surface area (TPSA) is 9.23 Å². The zero-order valence-electron chi connectivity index (χ0n) is 8.72. The average molecular weight is 308 g/mol. The maximum absolute atomic E-state index is 12.3. The Balaban J connectivity index is 3.16. The molecule has 0 aromatic heterocycles. The minimum absolute atomic E-state index is 0.244. The third kappa shape index (κ3) is 4.89. The van der Waals surface area contributed by atoms with E-state index >= 15 is 0 Å². The highest BCUT2D eigenvalue weighted by Crippen LogP contribution is 2.49. The molecule has 0 aliphatic heterocycles. The normalized spacial score (nSPS) is 12.6. The lowest BCUT2D eigenvalue weighted by Crippen LogP contribution is -2.04. The van der Waals surface area contributed by atoms with Crippen molar-refractivity contribution in [3.05, 3.63) is 18.2 Å². The molecule has 18 heavy (non-hydrogen) atoms. The van der Waals surface area contributed by atoms with Crippen molar-refractivity contribution in [2.45, 2.75) is 20.8 Å². The van der Waals surface area contributed by atoms with Gasteiger partial charge < -0.3 is 4.74 Å². The van der Waals surface area contributed by atoms with Gasteiger partial charge in [0.15, 0.2) is 0 Å². The molecule has 102 valence electrons. The fraction of sp³-hybridized carbons (Fsp3) is 0.333. The molecule has 0 amide bonds. The predicted molar refractivity (Wildman–Crippen MR) is 56.8 cm³/mol. The first-order chi connectivity index (χ1) is 8.12. The summed E-state index contributed by atoms with van der Waals surface area (Å²) in [7, 11) is 1.10. The van der Waals surface area contributed by atoms with E-state index in [0.29, 0.717) is 0 Å². The molecule has 9 heteroatoms. The third-order valence-electron chi connectivity index (χ3n) is 1.61. The minimum Gasteiger partial charge on any atom is -0.496 e. The van der Waals surface area contributed by atoms with Crippen LogP contribution in [0, 0.1) is 0 Å². The summed E-state index contributed by atoms with van der Waals surface area (Å²) in [5, 5.41) is 0. The van der Waals surface area contributed by atoms with Gasteiger partial charge in [-0.25, -0.2) is 0 Å². The average Bonchev–Trinajstić information content (AvgIpc) is 2.16. The van der Waals surface area contributed by atoms with Gasteiger partial charge in [0, 0.05) is 4.90 Å². The number of hydrogen-bond acceptors (Lipinski definition) is 3. The summed E-state index contributed by atoms with van der Waals surface area (Å²) in [6.45, 7) is 0. The zero-order chi connectivity index (χ0) is 14.0. The third-order valence-corrected chi connectivity index (χ3v) is 3.38. The Morgan fingerprint density at radius 3 is 1.94 bits per heavy atom. The summed E-state index contributed by atoms with van der Waals surface area (Å²) in [5.41, 5.74) is -9.34. The van der Waals surface area contributed by atoms with Gasteiger partial charge in [-0.15, -0.1) is 0 Å². The molecule has 1 nitrogen and oxygen atoms in total. The summed E-state index contributed by atoms with van der Waals surface area (Å²) in [5.74, 6) is -0.244. The number of halogens is 6. The van der Waals surface area contributed by atoms with Gasteiger partial charge >= 0.3 is 11.0 Å². The van der Waals surface area contributed by atoms with Crippen LogP contribution in [-0.4, -0.2) is 18.1 Å². The van der Waals surface area contributed by atoms with Crippen LogP contribution in [0.2, 0.25) is 0 Å². The lowest BCUT2D eigenvalue weighted by molar-refractivity contribution is -0.0347. The summed E-state index contributed by atoms with van der Waals surface area (Å²) < 4.78 is 78.2. The highest BCUT2D eigenvalue weighted by atomic mass is 32.2. The van der Waals surface area contributed by atoms with Crippen LogP contribution >= 0.6 is 23.5 Å². The van der Waals surface area contributed by atoms with Gasteiger partial charge in [-0.1, -0.05) is 6.07 Å². The molecule has 0 N–H and O–H groups in total. The van der Waals surface area contributed by atoms with E-state index in [0.717, 1.165) is 13.2 Å². The van der Waals surface area contributed by atoms with E-state index in [4.69, 9.17) is 0 Å². The van der Waals surface area contributed by atoms with Crippen molar-refractivity contribution in [2.75, 3.05) is 7.11 Å². The SMILES string of the molecule is COc1cccc(SC(F)(F)F)c1SC(F)(F)F. The van der Waals surface area contributed by atoms with E-state index in [1.807, 2.05) is 0 Å². The highest BCUT2D eigenvalue weighted by molar-refractivity contribution is 8.03. The molecule has 1 rings (SSSR count). The van der Waals surface area contributed by atoms with Crippen molar-refractivity contribution in [3.63, 3.8) is 0 Å². The molecule has 1 aromatic carbocycles. The van der Waals surface area contributed by atoms with E-state index in [2.05, 4.69) is 4.74 Å². The van der Waals surface area contributed by atoms with Crippen LogP contribution in [0.15, 0.2) is 28.0 Å². The molecular formula is C9H6F6OS2. The first-order valence-corrected chi connectivity index (χ1v) is 5.94. The Labute approximate surface area is 107 Å². The van der Waals surface area contributed by atoms with Crippen molar-refractivity contribution >= 4 is 23.5 Å². The van der Waals surface area contributed by atoms with E-state index in [1.54, 1.807) is 0 Å². The Morgan fingerprint density at radius 1 is 0.944 bits per heavy atom. The van der Waals surface area contributed by atoms with Crippen molar-refractivity contribution < 1.29 is 31.1 Å². The number of methoxy groups -OCH3 is 1. The number of hydrogen-bond donors (Lipinski definition) is 0. The van der Waals surface area contributed by atoms with Gasteiger partial charge in [0.25, 0.3) is 0 Å². The first kappa shape index (κ1) is 15.4. The minimum atomic E-state index is -4.68. The molecule has 0 aliphatic rings. The number of alkyl halides is 6. The molecule has 0 unspecified atom stereocenters. The first-order valence-electron chi connectivity index (χ1n) is 4.31. The summed E-state index contributed by atoms with van der Waals surface area (Å²) in [6, 6.07) is 3.34. The van der Waals surface area contributed by atoms with Crippen molar-refractivity contribution in [2.24, 2.45) is 0 Å². The van der Waals surface area contributed by atoms with E-state index < -0.39 is 44.3 Å². The van der Waals surface area contributed by atoms with Crippen LogP contribution < -0.4 is 4.74 Å². The fourth-order valence-electron chi connectivity index (χ4n) is 1.08. The molecule has 0 bridgehead atoms. The molecular weight excluding hydrogens is 302 g/mol. The predicted octanol–water partition coefficient (Wildman–Crippen LogP) is 4.92. The van der Waals surface area contributed by atoms with Crippen LogP contribution in [0.3, 0.4) is 0 Å². The quantitative estimate of drug-likeness (QED) is 0.579. The maximum atomic E-state index is 12.3. The molecule has 0 atom stereocenters. The molecule has 0 radical (unpaired) electrons. The molecule has 1 aromatic rings. The van der Waals surface area contributed by atoms with Crippen LogP contribution in [0.1, 0.15) is 0 Å². The van der Waals surface area contributed by atoms with Crippen LogP contribution in [-0.2, 0) is 0 Å². The second kappa shape index (κ2) is 5.52. The van der Waals surface area contributed by atoms with Gasteiger partial charge in [0.05, 0.1) is 12.0 Å². The van der Waals surface area contributed by atoms with Crippen molar-refractivity contribution in [1.29, 1.82) is 0 Å². The summed E-state index contributed by atoms with van der Waals surface area (Å²) in [4.78, 5) is -1.13. The lowest BCUT2D eigenvalue weighted by atomic mass is 10.3. The Morgan fingerprint density at radius 2 is 1.50 bits per heavy atom. The molecule has 0 aliphatic carbocycles. The van der Waals surface area contributed by atoms with Crippen LogP contribution in [0.4, 0.5) is 26.3 Å². The summed E-state index contributed by atoms with van der Waals surface area (Å²) in [6.07, 6.45) is 0. The monoisotopic (exact) mass is 308 g/mol. The Bertz CT molecular complexity index is 414. The van der Waals surface area contributed by atoms with E-state index in [9.17, 15) is 26.3 Å². The van der Waals surface area contributed by atoms with Gasteiger partial charge in [0.1, 0.15) is 5.75 Å². The maximum Gasteiger partial charge on any atom is 0.446 e. The number of rotatable bonds is 3. The Hall–Kier alpha value is -0.700. The largest absolute Gasteiger partial charge is 0.496 e.